The molecule has 2 heterocycles. The molecule has 0 saturated heterocycles. The van der Waals surface area contributed by atoms with Crippen molar-refractivity contribution in [2.45, 2.75) is 39.1 Å². The molecule has 2 aromatic heterocycles. The van der Waals surface area contributed by atoms with Crippen LogP contribution in [0.15, 0.2) is 30.3 Å². The molecule has 7 nitrogen and oxygen atoms in total. The monoisotopic (exact) mass is 455 g/mol. The van der Waals surface area contributed by atoms with E-state index in [1.165, 1.54) is 17.9 Å². The topological polar surface area (TPSA) is 85.1 Å². The van der Waals surface area contributed by atoms with Gasteiger partial charge in [0.1, 0.15) is 10.9 Å². The van der Waals surface area contributed by atoms with Gasteiger partial charge in [-0.05, 0) is 37.6 Å². The molecule has 0 radical (unpaired) electrons. The number of methoxy groups -OCH3 is 1. The van der Waals surface area contributed by atoms with Gasteiger partial charge in [-0.15, -0.1) is 5.10 Å². The Kier molecular flexibility index (Phi) is 6.71. The van der Waals surface area contributed by atoms with E-state index in [2.05, 4.69) is 20.4 Å². The van der Waals surface area contributed by atoms with Crippen LogP contribution in [0, 0.1) is 6.92 Å². The van der Waals surface area contributed by atoms with Crippen LogP contribution in [0.2, 0.25) is 5.15 Å². The zero-order valence-electron chi connectivity index (χ0n) is 17.0. The van der Waals surface area contributed by atoms with Crippen molar-refractivity contribution in [2.75, 3.05) is 12.4 Å². The number of aliphatic hydroxyl groups is 1. The number of alkyl halides is 3. The highest BCUT2D eigenvalue weighted by molar-refractivity contribution is 6.29. The van der Waals surface area contributed by atoms with Crippen LogP contribution in [0.5, 0.6) is 5.75 Å². The summed E-state index contributed by atoms with van der Waals surface area (Å²) in [5.41, 5.74) is 0.510. The summed E-state index contributed by atoms with van der Waals surface area (Å²) in [4.78, 5) is 8.53. The van der Waals surface area contributed by atoms with Crippen LogP contribution >= 0.6 is 11.6 Å². The summed E-state index contributed by atoms with van der Waals surface area (Å²) in [5, 5.41) is 17.5. The lowest BCUT2D eigenvalue weighted by molar-refractivity contribution is -0.137. The average Bonchev–Trinajstić information content (AvgIpc) is 3.08. The number of hydrogen-bond donors (Lipinski definition) is 2. The highest BCUT2D eigenvalue weighted by Gasteiger charge is 2.31. The van der Waals surface area contributed by atoms with Crippen molar-refractivity contribution in [1.29, 1.82) is 0 Å². The largest absolute Gasteiger partial charge is 0.497 e. The quantitative estimate of drug-likeness (QED) is 0.496. The number of anilines is 2. The Hall–Kier alpha value is -2.85. The fraction of sp³-hybridized carbons (Fsp3) is 0.350. The normalized spacial score (nSPS) is 12.6. The maximum Gasteiger partial charge on any atom is 0.416 e. The lowest BCUT2D eigenvalue weighted by Gasteiger charge is -2.12. The van der Waals surface area contributed by atoms with Crippen molar-refractivity contribution in [3.05, 3.63) is 46.7 Å². The van der Waals surface area contributed by atoms with Crippen LogP contribution < -0.4 is 10.1 Å². The minimum Gasteiger partial charge on any atom is -0.497 e. The van der Waals surface area contributed by atoms with Crippen molar-refractivity contribution in [2.24, 2.45) is 0 Å². The molecule has 0 aliphatic rings. The lowest BCUT2D eigenvalue weighted by atomic mass is 10.2. The number of halogens is 4. The van der Waals surface area contributed by atoms with Crippen molar-refractivity contribution >= 4 is 23.2 Å². The number of rotatable bonds is 7. The predicted molar refractivity (Wildman–Crippen MR) is 111 cm³/mol. The van der Waals surface area contributed by atoms with E-state index in [1.54, 1.807) is 19.1 Å². The molecule has 2 N–H and O–H groups in total. The van der Waals surface area contributed by atoms with E-state index < -0.39 is 17.8 Å². The van der Waals surface area contributed by atoms with Crippen molar-refractivity contribution < 1.29 is 23.0 Å². The third kappa shape index (κ3) is 5.65. The van der Waals surface area contributed by atoms with E-state index in [0.29, 0.717) is 23.5 Å². The molecule has 0 aliphatic carbocycles. The Morgan fingerprint density at radius 3 is 2.55 bits per heavy atom. The first-order chi connectivity index (χ1) is 14.6. The fourth-order valence-corrected chi connectivity index (χ4v) is 3.15. The minimum absolute atomic E-state index is 0.0370. The van der Waals surface area contributed by atoms with E-state index >= 15 is 0 Å². The summed E-state index contributed by atoms with van der Waals surface area (Å²) in [6.45, 7) is 3.74. The van der Waals surface area contributed by atoms with E-state index in [1.807, 2.05) is 6.92 Å². The smallest absolute Gasteiger partial charge is 0.416 e. The Morgan fingerprint density at radius 1 is 1.19 bits per heavy atom. The third-order valence-electron chi connectivity index (χ3n) is 4.43. The van der Waals surface area contributed by atoms with E-state index in [4.69, 9.17) is 16.3 Å². The molecule has 0 saturated carbocycles. The summed E-state index contributed by atoms with van der Waals surface area (Å²) in [7, 11) is 1.28. The van der Waals surface area contributed by atoms with Crippen LogP contribution in [0.4, 0.5) is 24.8 Å². The molecule has 1 aromatic carbocycles. The number of aliphatic hydroxyl groups excluding tert-OH is 1. The number of benzene rings is 1. The molecule has 3 aromatic rings. The van der Waals surface area contributed by atoms with Crippen LogP contribution in [0.25, 0.3) is 11.4 Å². The summed E-state index contributed by atoms with van der Waals surface area (Å²) in [5.74, 6) is 0.488. The number of nitrogens with one attached hydrogen (secondary N) is 1. The van der Waals surface area contributed by atoms with Gasteiger partial charge in [0.2, 0.25) is 5.95 Å². The number of nitrogens with zero attached hydrogens (tertiary/aromatic N) is 4. The van der Waals surface area contributed by atoms with Gasteiger partial charge in [0.25, 0.3) is 0 Å². The SMILES string of the molecule is CCC(O)Cn1nc(Nc2cc(OC)cc(C(F)(F)F)c2)nc1-c1cc(C)nc(Cl)c1. The van der Waals surface area contributed by atoms with Crippen LogP contribution in [-0.4, -0.2) is 38.1 Å². The lowest BCUT2D eigenvalue weighted by Crippen LogP contribution is -2.17. The summed E-state index contributed by atoms with van der Waals surface area (Å²) in [6, 6.07) is 6.61. The minimum atomic E-state index is -4.54. The first kappa shape index (κ1) is 22.8. The molecule has 11 heteroatoms. The molecule has 0 spiro atoms. The van der Waals surface area contributed by atoms with Gasteiger partial charge in [-0.2, -0.15) is 18.2 Å². The van der Waals surface area contributed by atoms with Gasteiger partial charge in [0.05, 0.1) is 25.3 Å². The van der Waals surface area contributed by atoms with Crippen LogP contribution in [0.3, 0.4) is 0 Å². The second-order valence-corrected chi connectivity index (χ2v) is 7.28. The first-order valence-electron chi connectivity index (χ1n) is 9.39. The number of pyridine rings is 1. The van der Waals surface area contributed by atoms with Crippen LogP contribution in [0.1, 0.15) is 24.6 Å². The highest BCUT2D eigenvalue weighted by Crippen LogP contribution is 2.35. The van der Waals surface area contributed by atoms with Crippen molar-refractivity contribution in [3.8, 4) is 17.1 Å². The molecular formula is C20H21ClF3N5O2. The second kappa shape index (κ2) is 9.11. The summed E-state index contributed by atoms with van der Waals surface area (Å²) < 4.78 is 46.1. The maximum atomic E-state index is 13.2. The Morgan fingerprint density at radius 2 is 1.94 bits per heavy atom. The fourth-order valence-electron chi connectivity index (χ4n) is 2.90. The Labute approximate surface area is 181 Å². The third-order valence-corrected chi connectivity index (χ3v) is 4.63. The molecule has 166 valence electrons. The molecule has 1 unspecified atom stereocenters. The molecule has 3 rings (SSSR count). The molecule has 0 amide bonds. The molecule has 31 heavy (non-hydrogen) atoms. The number of ether oxygens (including phenoxy) is 1. The molecular weight excluding hydrogens is 435 g/mol. The maximum absolute atomic E-state index is 13.2. The molecule has 1 atom stereocenters. The van der Waals surface area contributed by atoms with Crippen LogP contribution in [-0.2, 0) is 12.7 Å². The zero-order chi connectivity index (χ0) is 22.8. The van der Waals surface area contributed by atoms with E-state index in [-0.39, 0.29) is 29.1 Å². The van der Waals surface area contributed by atoms with Gasteiger partial charge in [0, 0.05) is 23.0 Å². The summed E-state index contributed by atoms with van der Waals surface area (Å²) >= 11 is 6.06. The van der Waals surface area contributed by atoms with Gasteiger partial charge in [-0.3, -0.25) is 0 Å². The van der Waals surface area contributed by atoms with Crippen molar-refractivity contribution in [3.63, 3.8) is 0 Å². The van der Waals surface area contributed by atoms with Gasteiger partial charge >= 0.3 is 6.18 Å². The average molecular weight is 456 g/mol. The number of hydrogen-bond acceptors (Lipinski definition) is 6. The standard InChI is InChI=1S/C20H21ClF3N5O2/c1-4-15(30)10-29-18(12-5-11(2)25-17(21)6-12)27-19(28-29)26-14-7-13(20(22,23)24)8-16(9-14)31-3/h5-9,15,30H,4,10H2,1-3H3,(H,26,28). The Balaban J connectivity index is 2.02. The molecule has 0 bridgehead atoms. The van der Waals surface area contributed by atoms with E-state index in [0.717, 1.165) is 12.1 Å². The van der Waals surface area contributed by atoms with Gasteiger partial charge in [-0.1, -0.05) is 18.5 Å². The second-order valence-electron chi connectivity index (χ2n) is 6.90. The highest BCUT2D eigenvalue weighted by atomic mass is 35.5. The van der Waals surface area contributed by atoms with Gasteiger partial charge < -0.3 is 15.2 Å². The molecule has 0 aliphatic heterocycles. The Bertz CT molecular complexity index is 1050. The zero-order valence-corrected chi connectivity index (χ0v) is 17.8. The van der Waals surface area contributed by atoms with Crippen molar-refractivity contribution in [1.82, 2.24) is 19.7 Å². The van der Waals surface area contributed by atoms with E-state index in [9.17, 15) is 18.3 Å². The van der Waals surface area contributed by atoms with Gasteiger partial charge in [-0.25, -0.2) is 9.67 Å². The summed E-state index contributed by atoms with van der Waals surface area (Å²) in [6.07, 6.45) is -4.73. The first-order valence-corrected chi connectivity index (χ1v) is 9.77. The number of aromatic nitrogens is 4. The van der Waals surface area contributed by atoms with Gasteiger partial charge in [0.15, 0.2) is 5.82 Å². The molecule has 0 fully saturated rings. The predicted octanol–water partition coefficient (Wildman–Crippen LogP) is 4.84. The number of aryl methyl sites for hydroxylation is 1.